The molecular formula is C19H19FN4O4S2. The summed E-state index contributed by atoms with van der Waals surface area (Å²) in [4.78, 5) is 16.7. The monoisotopic (exact) mass is 450 g/mol. The minimum atomic E-state index is -3.78. The van der Waals surface area contributed by atoms with Crippen molar-refractivity contribution >= 4 is 33.0 Å². The second-order valence-corrected chi connectivity index (χ2v) is 10.0. The lowest BCUT2D eigenvalue weighted by atomic mass is 9.98. The Morgan fingerprint density at radius 1 is 1.37 bits per heavy atom. The number of amides is 1. The Hall–Kier alpha value is -2.63. The van der Waals surface area contributed by atoms with Crippen LogP contribution in [0.25, 0.3) is 11.4 Å². The normalized spacial score (nSPS) is 17.7. The van der Waals surface area contributed by atoms with Gasteiger partial charge in [0.15, 0.2) is 0 Å². The van der Waals surface area contributed by atoms with Gasteiger partial charge in [0, 0.05) is 31.0 Å². The van der Waals surface area contributed by atoms with Crippen LogP contribution in [0.4, 0.5) is 10.1 Å². The van der Waals surface area contributed by atoms with Gasteiger partial charge in [0.1, 0.15) is 10.0 Å². The van der Waals surface area contributed by atoms with Crippen LogP contribution in [0.2, 0.25) is 0 Å². The molecule has 8 nitrogen and oxygen atoms in total. The molecule has 1 N–H and O–H groups in total. The van der Waals surface area contributed by atoms with E-state index < -0.39 is 27.7 Å². The highest BCUT2D eigenvalue weighted by atomic mass is 32.2. The fourth-order valence-corrected chi connectivity index (χ4v) is 6.12. The molecule has 0 bridgehead atoms. The third-order valence-corrected chi connectivity index (χ3v) is 8.12. The van der Waals surface area contributed by atoms with Gasteiger partial charge in [-0.25, -0.2) is 12.8 Å². The number of nitrogens with zero attached hydrogens (tertiary/aromatic N) is 3. The number of hydrogen-bond acceptors (Lipinski definition) is 7. The van der Waals surface area contributed by atoms with Gasteiger partial charge in [0.25, 0.3) is 10.0 Å². The molecule has 30 heavy (non-hydrogen) atoms. The molecule has 1 fully saturated rings. The van der Waals surface area contributed by atoms with Crippen LogP contribution in [0.15, 0.2) is 44.4 Å². The minimum absolute atomic E-state index is 0.0389. The van der Waals surface area contributed by atoms with Gasteiger partial charge in [0.05, 0.1) is 11.6 Å². The van der Waals surface area contributed by atoms with Crippen molar-refractivity contribution in [1.82, 2.24) is 14.4 Å². The molecule has 1 saturated heterocycles. The maximum Gasteiger partial charge on any atom is 0.252 e. The van der Waals surface area contributed by atoms with Gasteiger partial charge in [-0.2, -0.15) is 9.29 Å². The Balaban J connectivity index is 1.49. The van der Waals surface area contributed by atoms with E-state index in [0.717, 1.165) is 11.3 Å². The number of rotatable bonds is 5. The molecule has 0 saturated carbocycles. The molecule has 1 aromatic carbocycles. The molecule has 0 spiro atoms. The molecule has 158 valence electrons. The fourth-order valence-electron chi connectivity index (χ4n) is 3.28. The number of nitrogens with one attached hydrogen (secondary N) is 1. The number of thiophene rings is 1. The van der Waals surface area contributed by atoms with Gasteiger partial charge in [0.2, 0.25) is 17.6 Å². The zero-order chi connectivity index (χ0) is 21.3. The first-order chi connectivity index (χ1) is 14.3. The van der Waals surface area contributed by atoms with Crippen LogP contribution < -0.4 is 5.32 Å². The Bertz CT molecular complexity index is 1170. The molecule has 3 aromatic rings. The predicted octanol–water partition coefficient (Wildman–Crippen LogP) is 3.29. The quantitative estimate of drug-likeness (QED) is 0.640. The van der Waals surface area contributed by atoms with E-state index in [0.29, 0.717) is 36.7 Å². The highest BCUT2D eigenvalue weighted by Crippen LogP contribution is 2.31. The standard InChI is InChI=1S/C19H19FN4O4S2/c1-12-21-18(23-28-12)14-9-17(29-11-14)30(26,27)24-8-4-5-13(10-24)19(25)22-16-7-3-2-6-15(16)20/h2-3,6-7,9,11,13H,4-5,8,10H2,1H3,(H,22,25). The largest absolute Gasteiger partial charge is 0.339 e. The van der Waals surface area contributed by atoms with E-state index in [1.807, 2.05) is 0 Å². The van der Waals surface area contributed by atoms with Crippen molar-refractivity contribution in [3.63, 3.8) is 0 Å². The van der Waals surface area contributed by atoms with E-state index in [2.05, 4.69) is 15.5 Å². The summed E-state index contributed by atoms with van der Waals surface area (Å²) in [6.45, 7) is 2.01. The maximum absolute atomic E-state index is 13.8. The number of para-hydroxylation sites is 1. The summed E-state index contributed by atoms with van der Waals surface area (Å²) >= 11 is 1.07. The van der Waals surface area contributed by atoms with E-state index in [1.165, 1.54) is 28.6 Å². The summed E-state index contributed by atoms with van der Waals surface area (Å²) in [7, 11) is -3.78. The molecule has 0 aliphatic carbocycles. The van der Waals surface area contributed by atoms with Gasteiger partial charge in [-0.1, -0.05) is 17.3 Å². The topological polar surface area (TPSA) is 105 Å². The lowest BCUT2D eigenvalue weighted by Crippen LogP contribution is -2.43. The van der Waals surface area contributed by atoms with E-state index in [4.69, 9.17) is 4.52 Å². The minimum Gasteiger partial charge on any atom is -0.339 e. The van der Waals surface area contributed by atoms with Crippen molar-refractivity contribution in [2.24, 2.45) is 5.92 Å². The van der Waals surface area contributed by atoms with Crippen LogP contribution in [0, 0.1) is 18.7 Å². The number of carbonyl (C=O) groups excluding carboxylic acids is 1. The van der Waals surface area contributed by atoms with Crippen LogP contribution in [0.1, 0.15) is 18.7 Å². The number of anilines is 1. The summed E-state index contributed by atoms with van der Waals surface area (Å²) < 4.78 is 46.4. The summed E-state index contributed by atoms with van der Waals surface area (Å²) in [5, 5.41) is 8.02. The average molecular weight is 451 g/mol. The molecule has 1 aliphatic rings. The predicted molar refractivity (Wildman–Crippen MR) is 109 cm³/mol. The van der Waals surface area contributed by atoms with Crippen LogP contribution in [-0.4, -0.2) is 41.9 Å². The highest BCUT2D eigenvalue weighted by Gasteiger charge is 2.34. The average Bonchev–Trinajstić information content (AvgIpc) is 3.39. The number of benzene rings is 1. The lowest BCUT2D eigenvalue weighted by Gasteiger charge is -2.30. The van der Waals surface area contributed by atoms with Crippen molar-refractivity contribution < 1.29 is 22.1 Å². The third kappa shape index (κ3) is 4.13. The van der Waals surface area contributed by atoms with E-state index >= 15 is 0 Å². The van der Waals surface area contributed by atoms with Crippen LogP contribution in [0.3, 0.4) is 0 Å². The highest BCUT2D eigenvalue weighted by molar-refractivity contribution is 7.91. The molecule has 3 heterocycles. The fraction of sp³-hybridized carbons (Fsp3) is 0.316. The van der Waals surface area contributed by atoms with Gasteiger partial charge in [-0.3, -0.25) is 4.79 Å². The maximum atomic E-state index is 13.8. The molecule has 1 unspecified atom stereocenters. The second kappa shape index (κ2) is 8.25. The van der Waals surface area contributed by atoms with Crippen LogP contribution >= 0.6 is 11.3 Å². The van der Waals surface area contributed by atoms with Gasteiger partial charge in [-0.05, 0) is 31.0 Å². The van der Waals surface area contributed by atoms with Crippen molar-refractivity contribution in [2.75, 3.05) is 18.4 Å². The number of piperidine rings is 1. The molecule has 0 radical (unpaired) electrons. The molecular weight excluding hydrogens is 431 g/mol. The van der Waals surface area contributed by atoms with Crippen LogP contribution in [-0.2, 0) is 14.8 Å². The number of halogens is 1. The summed E-state index contributed by atoms with van der Waals surface area (Å²) in [5.74, 6) is -0.776. The second-order valence-electron chi connectivity index (χ2n) is 6.96. The molecule has 2 aromatic heterocycles. The summed E-state index contributed by atoms with van der Waals surface area (Å²) in [6.07, 6.45) is 1.07. The van der Waals surface area contributed by atoms with E-state index in [9.17, 15) is 17.6 Å². The first kappa shape index (κ1) is 20.6. The van der Waals surface area contributed by atoms with Crippen LogP contribution in [0.5, 0.6) is 0 Å². The lowest BCUT2D eigenvalue weighted by molar-refractivity contribution is -0.120. The molecule has 1 amide bonds. The Kier molecular flexibility index (Phi) is 5.67. The number of sulfonamides is 1. The zero-order valence-electron chi connectivity index (χ0n) is 16.0. The number of aryl methyl sites for hydroxylation is 1. The molecule has 4 rings (SSSR count). The first-order valence-electron chi connectivity index (χ1n) is 9.29. The Morgan fingerprint density at radius 2 is 2.17 bits per heavy atom. The van der Waals surface area contributed by atoms with Gasteiger partial charge >= 0.3 is 0 Å². The van der Waals surface area contributed by atoms with E-state index in [-0.39, 0.29) is 16.4 Å². The Labute approximate surface area is 176 Å². The van der Waals surface area contributed by atoms with Crippen molar-refractivity contribution in [1.29, 1.82) is 0 Å². The Morgan fingerprint density at radius 3 is 2.90 bits per heavy atom. The first-order valence-corrected chi connectivity index (χ1v) is 11.6. The third-order valence-electron chi connectivity index (χ3n) is 4.84. The smallest absolute Gasteiger partial charge is 0.252 e. The van der Waals surface area contributed by atoms with Crippen molar-refractivity contribution in [3.05, 3.63) is 47.4 Å². The SMILES string of the molecule is Cc1nc(-c2csc(S(=O)(=O)N3CCCC(C(=O)Nc4ccccc4F)C3)c2)no1. The number of aromatic nitrogens is 2. The summed E-state index contributed by atoms with van der Waals surface area (Å²) in [5.41, 5.74) is 0.641. The van der Waals surface area contributed by atoms with E-state index in [1.54, 1.807) is 18.4 Å². The molecule has 1 aliphatic heterocycles. The molecule has 11 heteroatoms. The van der Waals surface area contributed by atoms with Gasteiger partial charge in [-0.15, -0.1) is 11.3 Å². The summed E-state index contributed by atoms with van der Waals surface area (Å²) in [6, 6.07) is 7.39. The number of carbonyl (C=O) groups is 1. The van der Waals surface area contributed by atoms with Crippen molar-refractivity contribution in [3.8, 4) is 11.4 Å². The molecule has 1 atom stereocenters. The number of hydrogen-bond donors (Lipinski definition) is 1. The van der Waals surface area contributed by atoms with Gasteiger partial charge < -0.3 is 9.84 Å². The van der Waals surface area contributed by atoms with Crippen molar-refractivity contribution in [2.45, 2.75) is 24.0 Å². The zero-order valence-corrected chi connectivity index (χ0v) is 17.7.